The highest BCUT2D eigenvalue weighted by atomic mass is 32.1. The molecule has 0 bridgehead atoms. The second-order valence-corrected chi connectivity index (χ2v) is 6.85. The van der Waals surface area contributed by atoms with Crippen LogP contribution < -0.4 is 5.32 Å². The maximum atomic E-state index is 12.4. The highest BCUT2D eigenvalue weighted by Crippen LogP contribution is 2.29. The Labute approximate surface area is 139 Å². The van der Waals surface area contributed by atoms with Crippen LogP contribution in [0.25, 0.3) is 0 Å². The first-order valence-corrected chi connectivity index (χ1v) is 8.88. The Balaban J connectivity index is 1.62. The number of rotatable bonds is 4. The zero-order valence-corrected chi connectivity index (χ0v) is 14.1. The number of thiophene rings is 1. The van der Waals surface area contributed by atoms with Gasteiger partial charge in [0, 0.05) is 19.2 Å². The molecule has 7 heteroatoms. The minimum atomic E-state index is -0.422. The van der Waals surface area contributed by atoms with E-state index in [0.29, 0.717) is 23.2 Å². The lowest BCUT2D eigenvalue weighted by Gasteiger charge is -2.29. The number of carbonyl (C=O) groups excluding carboxylic acids is 2. The number of ether oxygens (including phenoxy) is 2. The van der Waals surface area contributed by atoms with Crippen molar-refractivity contribution in [2.24, 2.45) is 0 Å². The number of nitrogens with one attached hydrogen (secondary N) is 1. The van der Waals surface area contributed by atoms with Crippen LogP contribution in [0.4, 0.5) is 5.69 Å². The van der Waals surface area contributed by atoms with E-state index in [4.69, 9.17) is 9.47 Å². The average molecular weight is 338 g/mol. The normalized spacial score (nSPS) is 24.7. The van der Waals surface area contributed by atoms with Crippen molar-refractivity contribution in [2.75, 3.05) is 32.1 Å². The monoisotopic (exact) mass is 338 g/mol. The van der Waals surface area contributed by atoms with Crippen LogP contribution in [0.1, 0.15) is 35.4 Å². The fourth-order valence-electron chi connectivity index (χ4n) is 3.42. The molecule has 2 atom stereocenters. The molecule has 0 spiro atoms. The first kappa shape index (κ1) is 16.4. The van der Waals surface area contributed by atoms with Crippen molar-refractivity contribution >= 4 is 28.9 Å². The molecule has 1 saturated carbocycles. The maximum Gasteiger partial charge on any atom is 0.350 e. The molecule has 0 aromatic carbocycles. The number of carbonyl (C=O) groups is 2. The summed E-state index contributed by atoms with van der Waals surface area (Å²) in [4.78, 5) is 26.7. The molecular formula is C16H22N2O4S. The van der Waals surface area contributed by atoms with Gasteiger partial charge in [0.2, 0.25) is 5.91 Å². The van der Waals surface area contributed by atoms with Gasteiger partial charge in [-0.25, -0.2) is 4.79 Å². The van der Waals surface area contributed by atoms with Gasteiger partial charge >= 0.3 is 5.97 Å². The summed E-state index contributed by atoms with van der Waals surface area (Å²) in [5.41, 5.74) is 0.529. The number of hydrogen-bond donors (Lipinski definition) is 1. The molecule has 2 fully saturated rings. The molecule has 2 aliphatic rings. The van der Waals surface area contributed by atoms with E-state index in [9.17, 15) is 9.59 Å². The SMILES string of the molecule is COC(=O)c1sccc1NC(=O)CN1CCCO[C@H]2CCC[C@H]21. The third kappa shape index (κ3) is 3.73. The molecule has 0 unspecified atom stereocenters. The third-order valence-corrected chi connectivity index (χ3v) is 5.36. The molecule has 1 saturated heterocycles. The van der Waals surface area contributed by atoms with Gasteiger partial charge < -0.3 is 14.8 Å². The Hall–Kier alpha value is -1.44. The van der Waals surface area contributed by atoms with E-state index >= 15 is 0 Å². The van der Waals surface area contributed by atoms with E-state index < -0.39 is 5.97 Å². The molecule has 126 valence electrons. The van der Waals surface area contributed by atoms with Gasteiger partial charge in [-0.2, -0.15) is 0 Å². The minimum Gasteiger partial charge on any atom is -0.465 e. The van der Waals surface area contributed by atoms with Crippen LogP contribution in [0.5, 0.6) is 0 Å². The van der Waals surface area contributed by atoms with E-state index in [2.05, 4.69) is 10.2 Å². The van der Waals surface area contributed by atoms with Crippen LogP contribution in [0, 0.1) is 0 Å². The average Bonchev–Trinajstić information content (AvgIpc) is 3.15. The summed E-state index contributed by atoms with van der Waals surface area (Å²) < 4.78 is 10.6. The minimum absolute atomic E-state index is 0.0962. The summed E-state index contributed by atoms with van der Waals surface area (Å²) in [6.45, 7) is 1.99. The zero-order chi connectivity index (χ0) is 16.2. The van der Waals surface area contributed by atoms with Crippen molar-refractivity contribution in [2.45, 2.75) is 37.8 Å². The Bertz CT molecular complexity index is 574. The van der Waals surface area contributed by atoms with Crippen molar-refractivity contribution in [3.63, 3.8) is 0 Å². The number of hydrogen-bond acceptors (Lipinski definition) is 6. The molecule has 1 amide bonds. The van der Waals surface area contributed by atoms with Gasteiger partial charge in [0.1, 0.15) is 4.88 Å². The predicted octanol–water partition coefficient (Wildman–Crippen LogP) is 2.12. The highest BCUT2D eigenvalue weighted by Gasteiger charge is 2.35. The molecule has 1 aliphatic heterocycles. The van der Waals surface area contributed by atoms with E-state index in [1.807, 2.05) is 0 Å². The molecule has 1 aliphatic carbocycles. The van der Waals surface area contributed by atoms with Crippen molar-refractivity contribution in [3.05, 3.63) is 16.3 Å². The molecule has 0 radical (unpaired) electrons. The Kier molecular flexibility index (Phi) is 5.30. The first-order valence-electron chi connectivity index (χ1n) is 8.00. The van der Waals surface area contributed by atoms with E-state index in [1.54, 1.807) is 11.4 Å². The molecule has 2 heterocycles. The predicted molar refractivity (Wildman–Crippen MR) is 87.9 cm³/mol. The number of anilines is 1. The molecule has 6 nitrogen and oxygen atoms in total. The summed E-state index contributed by atoms with van der Waals surface area (Å²) in [6.07, 6.45) is 4.54. The van der Waals surface area contributed by atoms with Crippen LogP contribution in [0.2, 0.25) is 0 Å². The Morgan fingerprint density at radius 1 is 1.43 bits per heavy atom. The third-order valence-electron chi connectivity index (χ3n) is 4.47. The van der Waals surface area contributed by atoms with Crippen LogP contribution in [0.3, 0.4) is 0 Å². The van der Waals surface area contributed by atoms with Gasteiger partial charge in [0.15, 0.2) is 0 Å². The van der Waals surface area contributed by atoms with Crippen LogP contribution in [0.15, 0.2) is 11.4 Å². The lowest BCUT2D eigenvalue weighted by atomic mass is 10.1. The maximum absolute atomic E-state index is 12.4. The standard InChI is InChI=1S/C16H22N2O4S/c1-21-16(20)15-11(6-9-23-15)17-14(19)10-18-7-3-8-22-13-5-2-4-12(13)18/h6,9,12-13H,2-5,7-8,10H2,1H3,(H,17,19)/t12-,13+/m1/s1. The smallest absolute Gasteiger partial charge is 0.350 e. The fraction of sp³-hybridized carbons (Fsp3) is 0.625. The number of amides is 1. The van der Waals surface area contributed by atoms with Gasteiger partial charge in [-0.1, -0.05) is 0 Å². The summed E-state index contributed by atoms with van der Waals surface area (Å²) in [5, 5.41) is 4.61. The van der Waals surface area contributed by atoms with Crippen LogP contribution in [-0.2, 0) is 14.3 Å². The molecule has 1 aromatic rings. The van der Waals surface area contributed by atoms with Crippen molar-refractivity contribution in [1.29, 1.82) is 0 Å². The lowest BCUT2D eigenvalue weighted by Crippen LogP contribution is -2.44. The summed E-state index contributed by atoms with van der Waals surface area (Å²) in [5.74, 6) is -0.518. The lowest BCUT2D eigenvalue weighted by molar-refractivity contribution is -0.118. The van der Waals surface area contributed by atoms with Crippen molar-refractivity contribution < 1.29 is 19.1 Å². The van der Waals surface area contributed by atoms with E-state index in [-0.39, 0.29) is 12.0 Å². The van der Waals surface area contributed by atoms with E-state index in [1.165, 1.54) is 18.4 Å². The number of nitrogens with zero attached hydrogens (tertiary/aromatic N) is 1. The van der Waals surface area contributed by atoms with Gasteiger partial charge in [-0.15, -0.1) is 11.3 Å². The molecule has 1 aromatic heterocycles. The van der Waals surface area contributed by atoms with Crippen molar-refractivity contribution in [1.82, 2.24) is 4.90 Å². The number of fused-ring (bicyclic) bond motifs is 1. The highest BCUT2D eigenvalue weighted by molar-refractivity contribution is 7.12. The Morgan fingerprint density at radius 2 is 2.30 bits per heavy atom. The van der Waals surface area contributed by atoms with Crippen LogP contribution in [-0.4, -0.2) is 55.7 Å². The molecule has 23 heavy (non-hydrogen) atoms. The second kappa shape index (κ2) is 7.42. The molecule has 1 N–H and O–H groups in total. The van der Waals surface area contributed by atoms with Gasteiger partial charge in [0.25, 0.3) is 0 Å². The molecule has 3 rings (SSSR count). The zero-order valence-electron chi connectivity index (χ0n) is 13.2. The van der Waals surface area contributed by atoms with Gasteiger partial charge in [-0.3, -0.25) is 9.69 Å². The van der Waals surface area contributed by atoms with Crippen molar-refractivity contribution in [3.8, 4) is 0 Å². The molecular weight excluding hydrogens is 316 g/mol. The Morgan fingerprint density at radius 3 is 3.13 bits per heavy atom. The number of esters is 1. The van der Waals surface area contributed by atoms with Crippen LogP contribution >= 0.6 is 11.3 Å². The first-order chi connectivity index (χ1) is 11.2. The summed E-state index contributed by atoms with van der Waals surface area (Å²) >= 11 is 1.27. The second-order valence-electron chi connectivity index (χ2n) is 5.93. The fourth-order valence-corrected chi connectivity index (χ4v) is 4.18. The topological polar surface area (TPSA) is 67.9 Å². The van der Waals surface area contributed by atoms with E-state index in [0.717, 1.165) is 38.8 Å². The largest absolute Gasteiger partial charge is 0.465 e. The summed E-state index contributed by atoms with van der Waals surface area (Å²) in [6, 6.07) is 2.07. The van der Waals surface area contributed by atoms with Gasteiger partial charge in [0.05, 0.1) is 25.4 Å². The number of methoxy groups -OCH3 is 1. The quantitative estimate of drug-likeness (QED) is 0.852. The van der Waals surface area contributed by atoms with Gasteiger partial charge in [-0.05, 0) is 37.1 Å². The summed E-state index contributed by atoms with van der Waals surface area (Å²) in [7, 11) is 1.34.